The lowest BCUT2D eigenvalue weighted by molar-refractivity contribution is 0.102. The van der Waals surface area contributed by atoms with Gasteiger partial charge in [-0.2, -0.15) is 5.10 Å². The number of anilines is 1. The molecule has 136 valence electrons. The Kier molecular flexibility index (Phi) is 4.71. The largest absolute Gasteiger partial charge is 0.319 e. The number of pyridine rings is 1. The molecule has 0 radical (unpaired) electrons. The average Bonchev–Trinajstić information content (AvgIpc) is 3.02. The van der Waals surface area contributed by atoms with Crippen LogP contribution in [0.25, 0.3) is 11.0 Å². The molecule has 1 aromatic carbocycles. The van der Waals surface area contributed by atoms with Gasteiger partial charge in [0, 0.05) is 11.7 Å². The molecule has 0 aliphatic carbocycles. The number of aromatic nitrogens is 3. The number of carbonyl (C=O) groups excluding carboxylic acids is 1. The number of halogens is 2. The lowest BCUT2D eigenvalue weighted by Gasteiger charge is -2.12. The lowest BCUT2D eigenvalue weighted by atomic mass is 10.0. The van der Waals surface area contributed by atoms with Crippen LogP contribution in [0.15, 0.2) is 30.5 Å². The summed E-state index contributed by atoms with van der Waals surface area (Å²) < 4.78 is 29.0. The van der Waals surface area contributed by atoms with Gasteiger partial charge in [-0.1, -0.05) is 19.9 Å². The zero-order chi connectivity index (χ0) is 19.0. The van der Waals surface area contributed by atoms with E-state index < -0.39 is 17.5 Å². The van der Waals surface area contributed by atoms with E-state index in [0.29, 0.717) is 16.6 Å². The maximum absolute atomic E-state index is 13.9. The first-order valence-electron chi connectivity index (χ1n) is 8.43. The number of benzene rings is 1. The molecule has 0 atom stereocenters. The van der Waals surface area contributed by atoms with E-state index in [4.69, 9.17) is 0 Å². The summed E-state index contributed by atoms with van der Waals surface area (Å²) in [6, 6.07) is 5.40. The molecule has 0 aliphatic rings. The maximum atomic E-state index is 13.9. The molecule has 0 fully saturated rings. The van der Waals surface area contributed by atoms with Crippen molar-refractivity contribution in [2.45, 2.75) is 39.7 Å². The first-order chi connectivity index (χ1) is 12.3. The second-order valence-corrected chi connectivity index (χ2v) is 6.73. The summed E-state index contributed by atoms with van der Waals surface area (Å²) in [6.07, 6.45) is 1.57. The number of rotatable bonds is 4. The summed E-state index contributed by atoms with van der Waals surface area (Å²) in [7, 11) is 0. The Labute approximate surface area is 150 Å². The van der Waals surface area contributed by atoms with Gasteiger partial charge in [-0.15, -0.1) is 0 Å². The molecule has 0 spiro atoms. The highest BCUT2D eigenvalue weighted by Crippen LogP contribution is 2.26. The second kappa shape index (κ2) is 6.82. The fourth-order valence-electron chi connectivity index (χ4n) is 2.69. The van der Waals surface area contributed by atoms with E-state index in [2.05, 4.69) is 15.4 Å². The monoisotopic (exact) mass is 358 g/mol. The molecule has 0 saturated carbocycles. The molecule has 1 amide bonds. The van der Waals surface area contributed by atoms with Crippen molar-refractivity contribution in [3.63, 3.8) is 0 Å². The summed E-state index contributed by atoms with van der Waals surface area (Å²) in [5, 5.41) is 7.33. The standard InChI is InChI=1S/C19H20F2N4O/c1-10(2)16-8-12(13-9-22-25(11(3)4)18(13)23-16)19(26)24-15-7-5-6-14(20)17(15)21/h5-11H,1-4H3,(H,24,26). The van der Waals surface area contributed by atoms with Gasteiger partial charge in [0.2, 0.25) is 0 Å². The molecule has 0 bridgehead atoms. The van der Waals surface area contributed by atoms with Crippen molar-refractivity contribution in [3.05, 3.63) is 53.4 Å². The van der Waals surface area contributed by atoms with Crippen LogP contribution in [0.3, 0.4) is 0 Å². The van der Waals surface area contributed by atoms with Crippen LogP contribution in [-0.2, 0) is 0 Å². The Bertz CT molecular complexity index is 979. The van der Waals surface area contributed by atoms with Crippen molar-refractivity contribution in [1.82, 2.24) is 14.8 Å². The third-order valence-corrected chi connectivity index (χ3v) is 4.11. The molecule has 5 nitrogen and oxygen atoms in total. The second-order valence-electron chi connectivity index (χ2n) is 6.73. The van der Waals surface area contributed by atoms with Gasteiger partial charge in [0.25, 0.3) is 5.91 Å². The predicted molar refractivity (Wildman–Crippen MR) is 96.3 cm³/mol. The minimum atomic E-state index is -1.09. The SMILES string of the molecule is CC(C)c1cc(C(=O)Nc2cccc(F)c2F)c2cnn(C(C)C)c2n1. The quantitative estimate of drug-likeness (QED) is 0.737. The van der Waals surface area contributed by atoms with E-state index >= 15 is 0 Å². The van der Waals surface area contributed by atoms with Crippen LogP contribution in [0.2, 0.25) is 0 Å². The fraction of sp³-hybridized carbons (Fsp3) is 0.316. The van der Waals surface area contributed by atoms with Crippen LogP contribution in [0.1, 0.15) is 55.7 Å². The molecule has 0 unspecified atom stereocenters. The van der Waals surface area contributed by atoms with Crippen LogP contribution in [-0.4, -0.2) is 20.7 Å². The number of fused-ring (bicyclic) bond motifs is 1. The van der Waals surface area contributed by atoms with E-state index in [1.165, 1.54) is 12.1 Å². The molecule has 26 heavy (non-hydrogen) atoms. The highest BCUT2D eigenvalue weighted by atomic mass is 19.2. The Morgan fingerprint density at radius 1 is 1.19 bits per heavy atom. The number of hydrogen-bond acceptors (Lipinski definition) is 3. The van der Waals surface area contributed by atoms with E-state index in [1.807, 2.05) is 27.7 Å². The first kappa shape index (κ1) is 18.0. The van der Waals surface area contributed by atoms with Crippen LogP contribution in [0.4, 0.5) is 14.5 Å². The molecule has 3 aromatic rings. The zero-order valence-corrected chi connectivity index (χ0v) is 15.0. The molecule has 1 N–H and O–H groups in total. The van der Waals surface area contributed by atoms with Crippen LogP contribution >= 0.6 is 0 Å². The molecule has 3 rings (SSSR count). The Morgan fingerprint density at radius 2 is 1.92 bits per heavy atom. The Hall–Kier alpha value is -2.83. The molecule has 7 heteroatoms. The van der Waals surface area contributed by atoms with Crippen molar-refractivity contribution in [3.8, 4) is 0 Å². The van der Waals surface area contributed by atoms with Gasteiger partial charge in [-0.25, -0.2) is 18.4 Å². The van der Waals surface area contributed by atoms with E-state index in [0.717, 1.165) is 11.8 Å². The maximum Gasteiger partial charge on any atom is 0.256 e. The number of nitrogens with one attached hydrogen (secondary N) is 1. The summed E-state index contributed by atoms with van der Waals surface area (Å²) in [5.41, 5.74) is 1.44. The van der Waals surface area contributed by atoms with E-state index in [9.17, 15) is 13.6 Å². The molecule has 2 aromatic heterocycles. The van der Waals surface area contributed by atoms with Crippen molar-refractivity contribution in [1.29, 1.82) is 0 Å². The summed E-state index contributed by atoms with van der Waals surface area (Å²) >= 11 is 0. The fourth-order valence-corrected chi connectivity index (χ4v) is 2.69. The number of amides is 1. The molecular formula is C19H20F2N4O. The Balaban J connectivity index is 2.11. The van der Waals surface area contributed by atoms with Crippen molar-refractivity contribution in [2.75, 3.05) is 5.32 Å². The van der Waals surface area contributed by atoms with Crippen LogP contribution in [0, 0.1) is 11.6 Å². The van der Waals surface area contributed by atoms with Gasteiger partial charge in [0.15, 0.2) is 17.3 Å². The van der Waals surface area contributed by atoms with Gasteiger partial charge in [0.1, 0.15) is 0 Å². The van der Waals surface area contributed by atoms with Crippen molar-refractivity contribution >= 4 is 22.6 Å². The van der Waals surface area contributed by atoms with E-state index in [1.54, 1.807) is 16.9 Å². The Morgan fingerprint density at radius 3 is 2.58 bits per heavy atom. The van der Waals surface area contributed by atoms with Gasteiger partial charge < -0.3 is 5.32 Å². The van der Waals surface area contributed by atoms with Crippen LogP contribution < -0.4 is 5.32 Å². The smallest absolute Gasteiger partial charge is 0.256 e. The lowest BCUT2D eigenvalue weighted by Crippen LogP contribution is -2.15. The van der Waals surface area contributed by atoms with Gasteiger partial charge in [-0.3, -0.25) is 4.79 Å². The van der Waals surface area contributed by atoms with Crippen molar-refractivity contribution in [2.24, 2.45) is 0 Å². The molecule has 2 heterocycles. The van der Waals surface area contributed by atoms with Gasteiger partial charge in [0.05, 0.1) is 22.8 Å². The predicted octanol–water partition coefficient (Wildman–Crippen LogP) is 4.67. The van der Waals surface area contributed by atoms with Gasteiger partial charge in [-0.05, 0) is 38.0 Å². The third-order valence-electron chi connectivity index (χ3n) is 4.11. The van der Waals surface area contributed by atoms with E-state index in [-0.39, 0.29) is 17.6 Å². The number of carbonyl (C=O) groups is 1. The van der Waals surface area contributed by atoms with Crippen molar-refractivity contribution < 1.29 is 13.6 Å². The molecular weight excluding hydrogens is 338 g/mol. The minimum Gasteiger partial charge on any atom is -0.319 e. The highest BCUT2D eigenvalue weighted by Gasteiger charge is 2.20. The zero-order valence-electron chi connectivity index (χ0n) is 15.0. The normalized spacial score (nSPS) is 11.5. The topological polar surface area (TPSA) is 59.8 Å². The van der Waals surface area contributed by atoms with Crippen LogP contribution in [0.5, 0.6) is 0 Å². The average molecular weight is 358 g/mol. The summed E-state index contributed by atoms with van der Waals surface area (Å²) in [6.45, 7) is 7.88. The molecule has 0 saturated heterocycles. The molecule has 0 aliphatic heterocycles. The number of nitrogens with zero attached hydrogens (tertiary/aromatic N) is 3. The summed E-state index contributed by atoms with van der Waals surface area (Å²) in [5.74, 6) is -2.55. The number of hydrogen-bond donors (Lipinski definition) is 1. The summed E-state index contributed by atoms with van der Waals surface area (Å²) in [4.78, 5) is 17.4. The minimum absolute atomic E-state index is 0.0685. The highest BCUT2D eigenvalue weighted by molar-refractivity contribution is 6.12. The third kappa shape index (κ3) is 3.16. The first-order valence-corrected chi connectivity index (χ1v) is 8.43. The van der Waals surface area contributed by atoms with Gasteiger partial charge >= 0.3 is 0 Å².